The normalized spacial score (nSPS) is 11.8. The maximum atomic E-state index is 4.68. The molecule has 98 valence electrons. The average Bonchev–Trinajstić information content (AvgIpc) is 3.04. The highest BCUT2D eigenvalue weighted by Crippen LogP contribution is 2.30. The SMILES string of the molecule is c1ccc2c(c1)cnc1c3cccnc3c3cncn3c21. The van der Waals surface area contributed by atoms with Crippen LogP contribution in [0.5, 0.6) is 0 Å². The standard InChI is InChI=1S/C17H10N4/c1-2-5-12-11(4-1)8-20-16-13-6-3-7-19-15(13)14-9-18-10-21(14)17(12)16/h1-10H. The van der Waals surface area contributed by atoms with Gasteiger partial charge in [-0.05, 0) is 12.1 Å². The summed E-state index contributed by atoms with van der Waals surface area (Å²) in [6, 6.07) is 12.3. The van der Waals surface area contributed by atoms with Crippen molar-refractivity contribution in [2.75, 3.05) is 0 Å². The van der Waals surface area contributed by atoms with E-state index in [-0.39, 0.29) is 0 Å². The second-order valence-corrected chi connectivity index (χ2v) is 5.09. The molecule has 5 rings (SSSR count). The summed E-state index contributed by atoms with van der Waals surface area (Å²) in [5.41, 5.74) is 3.99. The van der Waals surface area contributed by atoms with Crippen LogP contribution in [0, 0.1) is 0 Å². The molecule has 4 heteroatoms. The molecule has 0 bridgehead atoms. The highest BCUT2D eigenvalue weighted by Gasteiger charge is 2.12. The molecule has 4 aromatic heterocycles. The molecule has 0 aliphatic heterocycles. The van der Waals surface area contributed by atoms with Crippen LogP contribution in [0.1, 0.15) is 0 Å². The number of rotatable bonds is 0. The molecule has 0 spiro atoms. The summed E-state index contributed by atoms with van der Waals surface area (Å²) in [7, 11) is 0. The van der Waals surface area contributed by atoms with Crippen LogP contribution >= 0.6 is 0 Å². The smallest absolute Gasteiger partial charge is 0.0998 e. The molecular weight excluding hydrogens is 260 g/mol. The van der Waals surface area contributed by atoms with Crippen molar-refractivity contribution >= 4 is 38.2 Å². The Hall–Kier alpha value is -3.01. The van der Waals surface area contributed by atoms with E-state index in [1.54, 1.807) is 0 Å². The highest BCUT2D eigenvalue weighted by molar-refractivity contribution is 6.16. The molecule has 0 atom stereocenters. The fraction of sp³-hybridized carbons (Fsp3) is 0. The van der Waals surface area contributed by atoms with E-state index >= 15 is 0 Å². The lowest BCUT2D eigenvalue weighted by molar-refractivity contribution is 1.21. The van der Waals surface area contributed by atoms with Crippen molar-refractivity contribution in [2.24, 2.45) is 0 Å². The average molecular weight is 270 g/mol. The van der Waals surface area contributed by atoms with Gasteiger partial charge in [0.1, 0.15) is 0 Å². The maximum Gasteiger partial charge on any atom is 0.0998 e. The van der Waals surface area contributed by atoms with Crippen molar-refractivity contribution in [3.05, 3.63) is 61.3 Å². The zero-order chi connectivity index (χ0) is 13.8. The van der Waals surface area contributed by atoms with Gasteiger partial charge >= 0.3 is 0 Å². The lowest BCUT2D eigenvalue weighted by Gasteiger charge is -2.09. The summed E-state index contributed by atoms with van der Waals surface area (Å²) < 4.78 is 2.08. The van der Waals surface area contributed by atoms with Gasteiger partial charge in [-0.25, -0.2) is 4.98 Å². The minimum atomic E-state index is 0.935. The van der Waals surface area contributed by atoms with E-state index in [9.17, 15) is 0 Å². The summed E-state index contributed by atoms with van der Waals surface area (Å²) in [5, 5.41) is 3.37. The number of hydrogen-bond donors (Lipinski definition) is 0. The second-order valence-electron chi connectivity index (χ2n) is 5.09. The Morgan fingerprint density at radius 1 is 0.810 bits per heavy atom. The van der Waals surface area contributed by atoms with Crippen LogP contribution in [-0.2, 0) is 0 Å². The molecule has 0 amide bonds. The first-order valence-electron chi connectivity index (χ1n) is 6.80. The predicted octanol–water partition coefficient (Wildman–Crippen LogP) is 3.58. The Kier molecular flexibility index (Phi) is 1.92. The van der Waals surface area contributed by atoms with E-state index in [2.05, 4.69) is 43.6 Å². The Bertz CT molecular complexity index is 1130. The first-order chi connectivity index (χ1) is 10.4. The van der Waals surface area contributed by atoms with Gasteiger partial charge in [-0.3, -0.25) is 14.4 Å². The third kappa shape index (κ3) is 1.31. The molecule has 0 saturated carbocycles. The fourth-order valence-corrected chi connectivity index (χ4v) is 3.04. The van der Waals surface area contributed by atoms with Crippen LogP contribution in [0.3, 0.4) is 0 Å². The zero-order valence-corrected chi connectivity index (χ0v) is 11.1. The Labute approximate surface area is 119 Å². The van der Waals surface area contributed by atoms with Crippen molar-refractivity contribution < 1.29 is 0 Å². The van der Waals surface area contributed by atoms with Crippen molar-refractivity contribution in [3.63, 3.8) is 0 Å². The first kappa shape index (κ1) is 10.7. The van der Waals surface area contributed by atoms with Gasteiger partial charge in [-0.2, -0.15) is 0 Å². The van der Waals surface area contributed by atoms with Gasteiger partial charge in [0.25, 0.3) is 0 Å². The van der Waals surface area contributed by atoms with Crippen LogP contribution in [0.15, 0.2) is 61.3 Å². The maximum absolute atomic E-state index is 4.68. The van der Waals surface area contributed by atoms with Gasteiger partial charge in [0.2, 0.25) is 0 Å². The van der Waals surface area contributed by atoms with Crippen LogP contribution in [-0.4, -0.2) is 19.4 Å². The number of pyridine rings is 3. The zero-order valence-electron chi connectivity index (χ0n) is 11.1. The molecular formula is C17H10N4. The van der Waals surface area contributed by atoms with Gasteiger partial charge in [0.05, 0.1) is 34.6 Å². The molecule has 1 aromatic carbocycles. The molecule has 0 aliphatic rings. The summed E-state index contributed by atoms with van der Waals surface area (Å²) in [4.78, 5) is 13.5. The number of hydrogen-bond acceptors (Lipinski definition) is 3. The molecule has 5 aromatic rings. The van der Waals surface area contributed by atoms with Gasteiger partial charge in [0, 0.05) is 28.6 Å². The van der Waals surface area contributed by atoms with E-state index in [4.69, 9.17) is 0 Å². The molecule has 0 unspecified atom stereocenters. The summed E-state index contributed by atoms with van der Waals surface area (Å²) in [5.74, 6) is 0. The van der Waals surface area contributed by atoms with Gasteiger partial charge in [-0.15, -0.1) is 0 Å². The van der Waals surface area contributed by atoms with Crippen molar-refractivity contribution in [1.82, 2.24) is 19.4 Å². The number of benzene rings is 1. The van der Waals surface area contributed by atoms with Crippen molar-refractivity contribution in [3.8, 4) is 0 Å². The molecule has 0 radical (unpaired) electrons. The fourth-order valence-electron chi connectivity index (χ4n) is 3.04. The van der Waals surface area contributed by atoms with E-state index < -0.39 is 0 Å². The lowest BCUT2D eigenvalue weighted by atomic mass is 10.1. The third-order valence-corrected chi connectivity index (χ3v) is 3.96. The molecule has 0 N–H and O–H groups in total. The summed E-state index contributed by atoms with van der Waals surface area (Å²) >= 11 is 0. The second kappa shape index (κ2) is 3.76. The summed E-state index contributed by atoms with van der Waals surface area (Å²) in [6.45, 7) is 0. The number of imidazole rings is 1. The Morgan fingerprint density at radius 2 is 1.71 bits per heavy atom. The largest absolute Gasteiger partial charge is 0.294 e. The third-order valence-electron chi connectivity index (χ3n) is 3.96. The van der Waals surface area contributed by atoms with Gasteiger partial charge < -0.3 is 0 Å². The van der Waals surface area contributed by atoms with Crippen molar-refractivity contribution in [2.45, 2.75) is 0 Å². The first-order valence-corrected chi connectivity index (χ1v) is 6.80. The minimum absolute atomic E-state index is 0.935. The molecule has 0 aliphatic carbocycles. The highest BCUT2D eigenvalue weighted by atomic mass is 15.0. The van der Waals surface area contributed by atoms with Crippen LogP contribution in [0.2, 0.25) is 0 Å². The quantitative estimate of drug-likeness (QED) is 0.404. The van der Waals surface area contributed by atoms with Gasteiger partial charge in [-0.1, -0.05) is 24.3 Å². The van der Waals surface area contributed by atoms with E-state index in [1.165, 1.54) is 5.39 Å². The van der Waals surface area contributed by atoms with Crippen LogP contribution in [0.25, 0.3) is 38.2 Å². The molecule has 21 heavy (non-hydrogen) atoms. The lowest BCUT2D eigenvalue weighted by Crippen LogP contribution is -1.94. The van der Waals surface area contributed by atoms with Gasteiger partial charge in [0.15, 0.2) is 0 Å². The monoisotopic (exact) mass is 270 g/mol. The minimum Gasteiger partial charge on any atom is -0.294 e. The molecule has 4 nitrogen and oxygen atoms in total. The molecule has 4 heterocycles. The van der Waals surface area contributed by atoms with Crippen LogP contribution in [0.4, 0.5) is 0 Å². The molecule has 0 fully saturated rings. The predicted molar refractivity (Wildman–Crippen MR) is 83.3 cm³/mol. The van der Waals surface area contributed by atoms with E-state index in [0.29, 0.717) is 0 Å². The Balaban J connectivity index is 2.24. The Morgan fingerprint density at radius 3 is 2.71 bits per heavy atom. The van der Waals surface area contributed by atoms with E-state index in [0.717, 1.165) is 32.8 Å². The topological polar surface area (TPSA) is 43.1 Å². The number of aromatic nitrogens is 4. The number of nitrogens with zero attached hydrogens (tertiary/aromatic N) is 4. The number of fused-ring (bicyclic) bond motifs is 8. The summed E-state index contributed by atoms with van der Waals surface area (Å²) in [6.07, 6.45) is 7.42. The van der Waals surface area contributed by atoms with E-state index in [1.807, 2.05) is 37.1 Å². The van der Waals surface area contributed by atoms with Crippen molar-refractivity contribution in [1.29, 1.82) is 0 Å². The van der Waals surface area contributed by atoms with Crippen LogP contribution < -0.4 is 0 Å². The molecule has 0 saturated heterocycles.